The SMILES string of the molecule is CC[C@@]1(COS(=O)(=O)C(F)(F)F)O[C@@H](n2cnc3c(=O)[nH]c(C)nc32)[C@@H](OS(=O)(=O)C(F)(F)F)[C@@H]1C. The molecule has 0 aliphatic carbocycles. The monoisotopic (exact) mass is 572 g/mol. The van der Waals surface area contributed by atoms with Crippen LogP contribution in [0.3, 0.4) is 0 Å². The van der Waals surface area contributed by atoms with Crippen molar-refractivity contribution >= 4 is 31.4 Å². The van der Waals surface area contributed by atoms with E-state index < -0.39 is 67.3 Å². The molecule has 1 fully saturated rings. The van der Waals surface area contributed by atoms with E-state index >= 15 is 0 Å². The van der Waals surface area contributed by atoms with Crippen LogP contribution in [0.1, 0.15) is 32.3 Å². The lowest BCUT2D eigenvalue weighted by Gasteiger charge is -2.31. The average Bonchev–Trinajstić information content (AvgIpc) is 3.25. The van der Waals surface area contributed by atoms with Gasteiger partial charge in [0.05, 0.1) is 12.9 Å². The molecule has 0 aromatic carbocycles. The molecule has 36 heavy (non-hydrogen) atoms. The van der Waals surface area contributed by atoms with Gasteiger partial charge in [0.25, 0.3) is 5.56 Å². The van der Waals surface area contributed by atoms with Gasteiger partial charge in [-0.1, -0.05) is 13.8 Å². The van der Waals surface area contributed by atoms with E-state index in [1.165, 1.54) is 13.8 Å². The fraction of sp³-hybridized carbons (Fsp3) is 0.688. The maximum atomic E-state index is 13.1. The summed E-state index contributed by atoms with van der Waals surface area (Å²) in [6.45, 7) is 2.37. The Kier molecular flexibility index (Phi) is 7.01. The van der Waals surface area contributed by atoms with E-state index in [9.17, 15) is 48.0 Å². The normalized spacial score (nSPS) is 26.1. The van der Waals surface area contributed by atoms with Crippen LogP contribution in [0.5, 0.6) is 0 Å². The zero-order valence-electron chi connectivity index (χ0n) is 18.4. The van der Waals surface area contributed by atoms with E-state index in [-0.39, 0.29) is 23.4 Å². The van der Waals surface area contributed by atoms with E-state index in [1.807, 2.05) is 0 Å². The number of aromatic amines is 1. The van der Waals surface area contributed by atoms with Crippen LogP contribution in [0, 0.1) is 12.8 Å². The van der Waals surface area contributed by atoms with Gasteiger partial charge in [0.2, 0.25) is 0 Å². The van der Waals surface area contributed by atoms with Gasteiger partial charge >= 0.3 is 31.3 Å². The van der Waals surface area contributed by atoms with Gasteiger partial charge in [0.15, 0.2) is 17.4 Å². The molecule has 0 amide bonds. The highest BCUT2D eigenvalue weighted by atomic mass is 32.2. The first-order valence-corrected chi connectivity index (χ1v) is 12.6. The molecule has 0 unspecified atom stereocenters. The summed E-state index contributed by atoms with van der Waals surface area (Å²) < 4.78 is 139. The molecule has 2 aromatic rings. The van der Waals surface area contributed by atoms with Crippen molar-refractivity contribution in [2.75, 3.05) is 6.61 Å². The van der Waals surface area contributed by atoms with Crippen molar-refractivity contribution in [3.05, 3.63) is 22.5 Å². The van der Waals surface area contributed by atoms with Gasteiger partial charge in [0, 0.05) is 5.92 Å². The van der Waals surface area contributed by atoms with E-state index in [4.69, 9.17) is 4.74 Å². The summed E-state index contributed by atoms with van der Waals surface area (Å²) in [5.41, 5.74) is -15.2. The predicted molar refractivity (Wildman–Crippen MR) is 106 cm³/mol. The largest absolute Gasteiger partial charge is 0.523 e. The number of hydrogen-bond donors (Lipinski definition) is 1. The number of fused-ring (bicyclic) bond motifs is 1. The lowest BCUT2D eigenvalue weighted by Crippen LogP contribution is -2.44. The molecule has 20 heteroatoms. The highest BCUT2D eigenvalue weighted by molar-refractivity contribution is 7.87. The molecular weight excluding hydrogens is 554 g/mol. The quantitative estimate of drug-likeness (QED) is 0.295. The van der Waals surface area contributed by atoms with Crippen LogP contribution in [-0.2, 0) is 33.3 Å². The molecular formula is C16H18F6N4O8S2. The highest BCUT2D eigenvalue weighted by Gasteiger charge is 2.60. The zero-order valence-corrected chi connectivity index (χ0v) is 20.0. The molecule has 12 nitrogen and oxygen atoms in total. The third-order valence-corrected chi connectivity index (χ3v) is 7.68. The smallest absolute Gasteiger partial charge is 0.346 e. The van der Waals surface area contributed by atoms with Gasteiger partial charge in [0.1, 0.15) is 17.5 Å². The molecule has 1 saturated heterocycles. The Morgan fingerprint density at radius 2 is 1.72 bits per heavy atom. The zero-order chi connectivity index (χ0) is 27.5. The van der Waals surface area contributed by atoms with E-state index in [0.717, 1.165) is 17.8 Å². The number of H-pyrrole nitrogens is 1. The summed E-state index contributed by atoms with van der Waals surface area (Å²) >= 11 is 0. The topological polar surface area (TPSA) is 160 Å². The second kappa shape index (κ2) is 8.92. The number of aryl methyl sites for hydroxylation is 1. The number of hydrogen-bond acceptors (Lipinski definition) is 10. The van der Waals surface area contributed by atoms with Crippen LogP contribution < -0.4 is 5.56 Å². The molecule has 3 heterocycles. The van der Waals surface area contributed by atoms with Gasteiger partial charge in [-0.2, -0.15) is 43.2 Å². The first-order valence-electron chi connectivity index (χ1n) is 9.83. The maximum absolute atomic E-state index is 13.1. The number of halogens is 6. The third-order valence-electron chi connectivity index (χ3n) is 5.65. The van der Waals surface area contributed by atoms with Crippen molar-refractivity contribution in [3.63, 3.8) is 0 Å². The second-order valence-electron chi connectivity index (χ2n) is 7.81. The Balaban J connectivity index is 2.14. The minimum absolute atomic E-state index is 0.0297. The van der Waals surface area contributed by atoms with Gasteiger partial charge in [-0.25, -0.2) is 9.97 Å². The number of imidazole rings is 1. The molecule has 2 aromatic heterocycles. The van der Waals surface area contributed by atoms with Crippen LogP contribution >= 0.6 is 0 Å². The Labute approximate surface area is 198 Å². The van der Waals surface area contributed by atoms with Crippen molar-refractivity contribution in [3.8, 4) is 0 Å². The first kappa shape index (κ1) is 28.3. The molecule has 0 radical (unpaired) electrons. The van der Waals surface area contributed by atoms with Crippen LogP contribution in [0.2, 0.25) is 0 Å². The van der Waals surface area contributed by atoms with Crippen LogP contribution in [-0.4, -0.2) is 65.7 Å². The molecule has 3 rings (SSSR count). The summed E-state index contributed by atoms with van der Waals surface area (Å²) in [7, 11) is -12.4. The lowest BCUT2D eigenvalue weighted by molar-refractivity contribution is -0.115. The van der Waals surface area contributed by atoms with Gasteiger partial charge in [-0.05, 0) is 13.3 Å². The fourth-order valence-corrected chi connectivity index (χ4v) is 4.80. The van der Waals surface area contributed by atoms with Crippen LogP contribution in [0.15, 0.2) is 11.1 Å². The van der Waals surface area contributed by atoms with Crippen molar-refractivity contribution in [2.45, 2.75) is 56.1 Å². The Morgan fingerprint density at radius 3 is 2.25 bits per heavy atom. The number of aromatic nitrogens is 4. The van der Waals surface area contributed by atoms with Gasteiger partial charge in [-0.15, -0.1) is 0 Å². The molecule has 4 atom stereocenters. The second-order valence-corrected chi connectivity index (χ2v) is 11.0. The summed E-state index contributed by atoms with van der Waals surface area (Å²) in [5.74, 6) is -1.48. The molecule has 1 N–H and O–H groups in total. The standard InChI is InChI=1S/C16H18F6N4O8S2/c1-4-14(5-32-35(28,29)15(17,18)19)7(2)10(34-36(30,31)16(20,21)22)13(33-14)26-6-23-9-11(26)24-8(3)25-12(9)27/h6-7,10,13H,4-5H2,1-3H3,(H,24,25,27)/t7-,10-,13+,14-/m0/s1. The average molecular weight is 572 g/mol. The minimum Gasteiger partial charge on any atom is -0.346 e. The van der Waals surface area contributed by atoms with Crippen LogP contribution in [0.4, 0.5) is 26.3 Å². The van der Waals surface area contributed by atoms with E-state index in [0.29, 0.717) is 0 Å². The summed E-state index contributed by atoms with van der Waals surface area (Å²) in [4.78, 5) is 22.2. The number of nitrogens with zero attached hydrogens (tertiary/aromatic N) is 3. The minimum atomic E-state index is -6.27. The fourth-order valence-electron chi connectivity index (χ4n) is 3.65. The number of rotatable bonds is 7. The number of nitrogens with one attached hydrogen (secondary N) is 1. The molecule has 0 spiro atoms. The molecule has 1 aliphatic heterocycles. The molecule has 0 saturated carbocycles. The Morgan fingerprint density at radius 1 is 1.14 bits per heavy atom. The highest BCUT2D eigenvalue weighted by Crippen LogP contribution is 2.48. The first-order chi connectivity index (χ1) is 16.3. The van der Waals surface area contributed by atoms with Crippen LogP contribution in [0.25, 0.3) is 11.2 Å². The van der Waals surface area contributed by atoms with Crippen molar-refractivity contribution in [1.29, 1.82) is 0 Å². The summed E-state index contributed by atoms with van der Waals surface area (Å²) in [5, 5.41) is 0. The molecule has 0 bridgehead atoms. The molecule has 204 valence electrons. The molecule has 1 aliphatic rings. The van der Waals surface area contributed by atoms with E-state index in [2.05, 4.69) is 23.3 Å². The number of alkyl halides is 6. The summed E-state index contributed by atoms with van der Waals surface area (Å²) in [6, 6.07) is 0. The summed E-state index contributed by atoms with van der Waals surface area (Å²) in [6.07, 6.45) is -3.44. The predicted octanol–water partition coefficient (Wildman–Crippen LogP) is 1.84. The van der Waals surface area contributed by atoms with Crippen molar-refractivity contribution < 1.29 is 56.3 Å². The third kappa shape index (κ3) is 4.83. The van der Waals surface area contributed by atoms with Crippen molar-refractivity contribution in [1.82, 2.24) is 19.5 Å². The lowest BCUT2D eigenvalue weighted by atomic mass is 9.85. The number of ether oxygens (including phenoxy) is 1. The van der Waals surface area contributed by atoms with Gasteiger partial charge in [-0.3, -0.25) is 17.7 Å². The Bertz CT molecular complexity index is 1420. The van der Waals surface area contributed by atoms with E-state index in [1.54, 1.807) is 0 Å². The van der Waals surface area contributed by atoms with Gasteiger partial charge < -0.3 is 9.72 Å². The maximum Gasteiger partial charge on any atom is 0.523 e. The van der Waals surface area contributed by atoms with Crippen molar-refractivity contribution in [2.24, 2.45) is 5.92 Å². The Hall–Kier alpha value is -2.29.